The molecule has 4 nitrogen and oxygen atoms in total. The number of hydrogen-bond donors (Lipinski definition) is 1. The molecular weight excluding hydrogens is 212 g/mol. The van der Waals surface area contributed by atoms with E-state index in [0.717, 1.165) is 31.8 Å². The molecule has 17 heavy (non-hydrogen) atoms. The molecule has 3 rings (SSSR count). The van der Waals surface area contributed by atoms with E-state index in [1.165, 1.54) is 37.9 Å². The molecule has 2 heterocycles. The maximum Gasteiger partial charge on any atom is 0.154 e. The second kappa shape index (κ2) is 4.77. The van der Waals surface area contributed by atoms with E-state index in [4.69, 9.17) is 15.8 Å². The largest absolute Gasteiger partial charge is 0.330 e. The molecule has 1 aliphatic heterocycles. The minimum Gasteiger partial charge on any atom is -0.330 e. The first-order valence-corrected chi connectivity index (χ1v) is 7.00. The summed E-state index contributed by atoms with van der Waals surface area (Å²) in [5, 5.41) is 4.71. The highest BCUT2D eigenvalue weighted by Gasteiger charge is 2.25. The summed E-state index contributed by atoms with van der Waals surface area (Å²) in [5.41, 5.74) is 5.75. The number of nitrogens with two attached hydrogens (primary N) is 1. The predicted molar refractivity (Wildman–Crippen MR) is 66.7 cm³/mol. The SMILES string of the molecule is NCC1CCn2nc(C3CCCCC3)nc2C1. The summed E-state index contributed by atoms with van der Waals surface area (Å²) >= 11 is 0. The van der Waals surface area contributed by atoms with Crippen molar-refractivity contribution in [2.45, 2.75) is 57.4 Å². The van der Waals surface area contributed by atoms with Crippen LogP contribution < -0.4 is 5.73 Å². The minimum absolute atomic E-state index is 0.617. The molecule has 0 aromatic carbocycles. The quantitative estimate of drug-likeness (QED) is 0.849. The van der Waals surface area contributed by atoms with Gasteiger partial charge in [-0.3, -0.25) is 0 Å². The molecule has 0 spiro atoms. The van der Waals surface area contributed by atoms with Crippen molar-refractivity contribution in [1.82, 2.24) is 14.8 Å². The summed E-state index contributed by atoms with van der Waals surface area (Å²) < 4.78 is 2.12. The molecule has 0 saturated heterocycles. The lowest BCUT2D eigenvalue weighted by Crippen LogP contribution is -2.26. The fourth-order valence-electron chi connectivity index (χ4n) is 3.12. The molecule has 0 radical (unpaired) electrons. The normalized spacial score (nSPS) is 25.8. The monoisotopic (exact) mass is 234 g/mol. The zero-order chi connectivity index (χ0) is 11.7. The topological polar surface area (TPSA) is 56.7 Å². The van der Waals surface area contributed by atoms with Gasteiger partial charge in [0.15, 0.2) is 5.82 Å². The highest BCUT2D eigenvalue weighted by Crippen LogP contribution is 2.31. The van der Waals surface area contributed by atoms with Crippen molar-refractivity contribution in [1.29, 1.82) is 0 Å². The van der Waals surface area contributed by atoms with Crippen LogP contribution in [-0.2, 0) is 13.0 Å². The van der Waals surface area contributed by atoms with Gasteiger partial charge in [-0.1, -0.05) is 19.3 Å². The van der Waals surface area contributed by atoms with Gasteiger partial charge in [-0.2, -0.15) is 5.10 Å². The van der Waals surface area contributed by atoms with Crippen LogP contribution in [0.2, 0.25) is 0 Å². The summed E-state index contributed by atoms with van der Waals surface area (Å²) in [6, 6.07) is 0. The van der Waals surface area contributed by atoms with E-state index in [1.54, 1.807) is 0 Å². The average Bonchev–Trinajstić information content (AvgIpc) is 2.82. The minimum atomic E-state index is 0.617. The number of aromatic nitrogens is 3. The smallest absolute Gasteiger partial charge is 0.154 e. The molecule has 4 heteroatoms. The molecular formula is C13H22N4. The number of aryl methyl sites for hydroxylation is 1. The van der Waals surface area contributed by atoms with Crippen molar-refractivity contribution in [3.8, 4) is 0 Å². The van der Waals surface area contributed by atoms with Gasteiger partial charge in [0.05, 0.1) is 0 Å². The van der Waals surface area contributed by atoms with E-state index < -0.39 is 0 Å². The first-order valence-electron chi connectivity index (χ1n) is 7.00. The number of nitrogens with zero attached hydrogens (tertiary/aromatic N) is 3. The second-order valence-corrected chi connectivity index (χ2v) is 5.54. The molecule has 1 saturated carbocycles. The van der Waals surface area contributed by atoms with Gasteiger partial charge in [-0.15, -0.1) is 0 Å². The van der Waals surface area contributed by atoms with E-state index in [2.05, 4.69) is 4.68 Å². The molecule has 0 amide bonds. The van der Waals surface area contributed by atoms with Crippen molar-refractivity contribution >= 4 is 0 Å². The third kappa shape index (κ3) is 2.23. The fraction of sp³-hybridized carbons (Fsp3) is 0.846. The molecule has 1 unspecified atom stereocenters. The van der Waals surface area contributed by atoms with E-state index >= 15 is 0 Å². The van der Waals surface area contributed by atoms with Gasteiger partial charge in [-0.05, 0) is 31.7 Å². The molecule has 2 N–H and O–H groups in total. The Morgan fingerprint density at radius 3 is 2.76 bits per heavy atom. The van der Waals surface area contributed by atoms with E-state index in [-0.39, 0.29) is 0 Å². The summed E-state index contributed by atoms with van der Waals surface area (Å²) in [4.78, 5) is 4.77. The fourth-order valence-corrected chi connectivity index (χ4v) is 3.12. The third-order valence-electron chi connectivity index (χ3n) is 4.29. The van der Waals surface area contributed by atoms with Crippen LogP contribution in [0, 0.1) is 5.92 Å². The van der Waals surface area contributed by atoms with Crippen molar-refractivity contribution in [3.05, 3.63) is 11.6 Å². The number of rotatable bonds is 2. The number of fused-ring (bicyclic) bond motifs is 1. The second-order valence-electron chi connectivity index (χ2n) is 5.54. The Hall–Kier alpha value is -0.900. The third-order valence-corrected chi connectivity index (χ3v) is 4.29. The standard InChI is InChI=1S/C13H22N4/c14-9-10-6-7-17-12(8-10)15-13(16-17)11-4-2-1-3-5-11/h10-11H,1-9,14H2. The zero-order valence-electron chi connectivity index (χ0n) is 10.4. The Morgan fingerprint density at radius 1 is 1.18 bits per heavy atom. The summed E-state index contributed by atoms with van der Waals surface area (Å²) in [7, 11) is 0. The maximum atomic E-state index is 5.75. The van der Waals surface area contributed by atoms with Crippen molar-refractivity contribution in [3.63, 3.8) is 0 Å². The molecule has 1 aliphatic carbocycles. The molecule has 1 aromatic heterocycles. The van der Waals surface area contributed by atoms with Gasteiger partial charge >= 0.3 is 0 Å². The maximum absolute atomic E-state index is 5.75. The average molecular weight is 234 g/mol. The highest BCUT2D eigenvalue weighted by molar-refractivity contribution is 5.03. The summed E-state index contributed by atoms with van der Waals surface area (Å²) in [6.45, 7) is 1.79. The molecule has 1 aromatic rings. The van der Waals surface area contributed by atoms with Gasteiger partial charge in [0, 0.05) is 18.9 Å². The van der Waals surface area contributed by atoms with Gasteiger partial charge in [0.2, 0.25) is 0 Å². The number of hydrogen-bond acceptors (Lipinski definition) is 3. The van der Waals surface area contributed by atoms with Gasteiger partial charge in [-0.25, -0.2) is 9.67 Å². The van der Waals surface area contributed by atoms with Crippen LogP contribution >= 0.6 is 0 Å². The first-order chi connectivity index (χ1) is 8.36. The van der Waals surface area contributed by atoms with Crippen LogP contribution in [0.15, 0.2) is 0 Å². The lowest BCUT2D eigenvalue weighted by Gasteiger charge is -2.20. The molecule has 0 bridgehead atoms. The Balaban J connectivity index is 1.77. The summed E-state index contributed by atoms with van der Waals surface area (Å²) in [5.74, 6) is 3.52. The van der Waals surface area contributed by atoms with Crippen molar-refractivity contribution in [2.75, 3.05) is 6.54 Å². The van der Waals surface area contributed by atoms with Crippen LogP contribution in [0.4, 0.5) is 0 Å². The lowest BCUT2D eigenvalue weighted by atomic mass is 9.89. The highest BCUT2D eigenvalue weighted by atomic mass is 15.4. The van der Waals surface area contributed by atoms with Crippen LogP contribution in [-0.4, -0.2) is 21.3 Å². The van der Waals surface area contributed by atoms with Gasteiger partial charge in [0.1, 0.15) is 5.82 Å². The van der Waals surface area contributed by atoms with Crippen LogP contribution in [0.25, 0.3) is 0 Å². The Labute approximate surface area is 103 Å². The van der Waals surface area contributed by atoms with Crippen LogP contribution in [0.1, 0.15) is 56.1 Å². The predicted octanol–water partition coefficient (Wildman–Crippen LogP) is 1.85. The molecule has 2 aliphatic rings. The van der Waals surface area contributed by atoms with E-state index in [9.17, 15) is 0 Å². The lowest BCUT2D eigenvalue weighted by molar-refractivity contribution is 0.367. The Morgan fingerprint density at radius 2 is 2.00 bits per heavy atom. The van der Waals surface area contributed by atoms with Gasteiger partial charge < -0.3 is 5.73 Å². The van der Waals surface area contributed by atoms with E-state index in [1.807, 2.05) is 0 Å². The molecule has 1 fully saturated rings. The molecule has 1 atom stereocenters. The zero-order valence-corrected chi connectivity index (χ0v) is 10.4. The Bertz CT molecular complexity index is 379. The first kappa shape index (κ1) is 11.2. The van der Waals surface area contributed by atoms with Crippen LogP contribution in [0.5, 0.6) is 0 Å². The van der Waals surface area contributed by atoms with Crippen molar-refractivity contribution < 1.29 is 0 Å². The van der Waals surface area contributed by atoms with Crippen molar-refractivity contribution in [2.24, 2.45) is 11.7 Å². The van der Waals surface area contributed by atoms with E-state index in [0.29, 0.717) is 11.8 Å². The molecule has 94 valence electrons. The Kier molecular flexibility index (Phi) is 3.14. The van der Waals surface area contributed by atoms with Gasteiger partial charge in [0.25, 0.3) is 0 Å². The van der Waals surface area contributed by atoms with Crippen LogP contribution in [0.3, 0.4) is 0 Å². The summed E-state index contributed by atoms with van der Waals surface area (Å²) in [6.07, 6.45) is 8.83.